The SMILES string of the molecule is COC(=O)C=CC(CC(C)C)NC(=O)C1CCCCN1C(O)OC(C)(C)C. The minimum absolute atomic E-state index is 0.161. The summed E-state index contributed by atoms with van der Waals surface area (Å²) >= 11 is 0. The highest BCUT2D eigenvalue weighted by Gasteiger charge is 2.35. The van der Waals surface area contributed by atoms with Gasteiger partial charge in [0.1, 0.15) is 0 Å². The number of nitrogens with zero attached hydrogens (tertiary/aromatic N) is 1. The van der Waals surface area contributed by atoms with Crippen molar-refractivity contribution in [1.29, 1.82) is 0 Å². The molecule has 1 aliphatic heterocycles. The Labute approximate surface area is 163 Å². The van der Waals surface area contributed by atoms with Gasteiger partial charge in [-0.25, -0.2) is 9.69 Å². The summed E-state index contributed by atoms with van der Waals surface area (Å²) in [7, 11) is 1.32. The number of likely N-dealkylation sites (tertiary alicyclic amines) is 1. The fraction of sp³-hybridized carbons (Fsp3) is 0.800. The topological polar surface area (TPSA) is 88.1 Å². The van der Waals surface area contributed by atoms with Crippen molar-refractivity contribution in [1.82, 2.24) is 10.2 Å². The van der Waals surface area contributed by atoms with E-state index in [1.54, 1.807) is 11.0 Å². The van der Waals surface area contributed by atoms with E-state index in [0.717, 1.165) is 12.8 Å². The van der Waals surface area contributed by atoms with Gasteiger partial charge >= 0.3 is 5.97 Å². The quantitative estimate of drug-likeness (QED) is 0.379. The molecule has 7 heteroatoms. The summed E-state index contributed by atoms with van der Waals surface area (Å²) in [6.07, 6.45) is 5.06. The second-order valence-corrected chi connectivity index (χ2v) is 8.43. The number of carbonyl (C=O) groups is 2. The number of ether oxygens (including phenoxy) is 2. The Morgan fingerprint density at radius 3 is 2.52 bits per heavy atom. The zero-order valence-electron chi connectivity index (χ0n) is 17.5. The minimum Gasteiger partial charge on any atom is -0.466 e. The summed E-state index contributed by atoms with van der Waals surface area (Å²) in [5.74, 6) is -0.271. The monoisotopic (exact) mass is 384 g/mol. The van der Waals surface area contributed by atoms with E-state index in [1.807, 2.05) is 20.8 Å². The van der Waals surface area contributed by atoms with Crippen LogP contribution in [0.15, 0.2) is 12.2 Å². The molecule has 3 atom stereocenters. The molecule has 0 saturated carbocycles. The average molecular weight is 385 g/mol. The van der Waals surface area contributed by atoms with Crippen molar-refractivity contribution < 1.29 is 24.2 Å². The summed E-state index contributed by atoms with van der Waals surface area (Å²) in [6.45, 7) is 10.3. The Kier molecular flexibility index (Phi) is 9.42. The molecular formula is C20H36N2O5. The summed E-state index contributed by atoms with van der Waals surface area (Å²) < 4.78 is 10.3. The predicted octanol–water partition coefficient (Wildman–Crippen LogP) is 2.19. The van der Waals surface area contributed by atoms with Crippen LogP contribution in [-0.4, -0.2) is 59.6 Å². The number of aliphatic hydroxyl groups is 1. The highest BCUT2D eigenvalue weighted by atomic mass is 16.6. The van der Waals surface area contributed by atoms with Gasteiger partial charge in [0.2, 0.25) is 12.3 Å². The lowest BCUT2D eigenvalue weighted by Gasteiger charge is -2.40. The molecule has 0 spiro atoms. The van der Waals surface area contributed by atoms with E-state index in [9.17, 15) is 14.7 Å². The van der Waals surface area contributed by atoms with Gasteiger partial charge in [-0.05, 0) is 46.0 Å². The third kappa shape index (κ3) is 8.86. The van der Waals surface area contributed by atoms with E-state index in [2.05, 4.69) is 23.9 Å². The number of amides is 1. The van der Waals surface area contributed by atoms with E-state index in [1.165, 1.54) is 13.2 Å². The van der Waals surface area contributed by atoms with Crippen LogP contribution in [0.4, 0.5) is 0 Å². The average Bonchev–Trinajstić information content (AvgIpc) is 2.57. The van der Waals surface area contributed by atoms with Crippen LogP contribution in [0.25, 0.3) is 0 Å². The highest BCUT2D eigenvalue weighted by molar-refractivity contribution is 5.83. The van der Waals surface area contributed by atoms with Gasteiger partial charge in [0.15, 0.2) is 0 Å². The second kappa shape index (κ2) is 10.8. The number of rotatable bonds is 8. The molecule has 1 heterocycles. The Morgan fingerprint density at radius 1 is 1.30 bits per heavy atom. The van der Waals surface area contributed by atoms with Crippen LogP contribution in [0, 0.1) is 5.92 Å². The molecule has 27 heavy (non-hydrogen) atoms. The van der Waals surface area contributed by atoms with E-state index in [4.69, 9.17) is 4.74 Å². The predicted molar refractivity (Wildman–Crippen MR) is 104 cm³/mol. The van der Waals surface area contributed by atoms with Gasteiger partial charge in [0.05, 0.1) is 18.8 Å². The van der Waals surface area contributed by atoms with Crippen molar-refractivity contribution in [2.45, 2.75) is 84.4 Å². The Hall–Kier alpha value is -1.44. The van der Waals surface area contributed by atoms with Gasteiger partial charge in [0, 0.05) is 18.7 Å². The molecule has 0 aromatic heterocycles. The van der Waals surface area contributed by atoms with Crippen LogP contribution in [0.2, 0.25) is 0 Å². The van der Waals surface area contributed by atoms with Crippen molar-refractivity contribution in [3.8, 4) is 0 Å². The van der Waals surface area contributed by atoms with Crippen LogP contribution in [0.5, 0.6) is 0 Å². The number of hydrogen-bond donors (Lipinski definition) is 2. The standard InChI is InChI=1S/C20H36N2O5/c1-14(2)13-15(10-11-17(23)26-6)21-18(24)16-9-7-8-12-22(16)19(25)27-20(3,4)5/h10-11,14-16,19,25H,7-9,12-13H2,1-6H3,(H,21,24). The minimum atomic E-state index is -1.13. The molecule has 0 aliphatic carbocycles. The van der Waals surface area contributed by atoms with Gasteiger partial charge in [-0.15, -0.1) is 0 Å². The zero-order chi connectivity index (χ0) is 20.6. The summed E-state index contributed by atoms with van der Waals surface area (Å²) in [6, 6.07) is -0.738. The maximum absolute atomic E-state index is 12.9. The van der Waals surface area contributed by atoms with E-state index in [0.29, 0.717) is 25.3 Å². The first kappa shape index (κ1) is 23.6. The molecule has 7 nitrogen and oxygen atoms in total. The first-order valence-corrected chi connectivity index (χ1v) is 9.71. The van der Waals surface area contributed by atoms with Crippen molar-refractivity contribution >= 4 is 11.9 Å². The Morgan fingerprint density at radius 2 is 1.96 bits per heavy atom. The lowest BCUT2D eigenvalue weighted by atomic mass is 9.99. The van der Waals surface area contributed by atoms with Crippen LogP contribution >= 0.6 is 0 Å². The summed E-state index contributed by atoms with van der Waals surface area (Å²) in [4.78, 5) is 26.0. The molecule has 0 aromatic rings. The first-order valence-electron chi connectivity index (χ1n) is 9.71. The molecule has 1 amide bonds. The van der Waals surface area contributed by atoms with Crippen LogP contribution in [0.1, 0.15) is 60.3 Å². The fourth-order valence-electron chi connectivity index (χ4n) is 3.12. The van der Waals surface area contributed by atoms with Crippen LogP contribution < -0.4 is 5.32 Å². The van der Waals surface area contributed by atoms with Crippen molar-refractivity contribution in [3.63, 3.8) is 0 Å². The molecule has 1 rings (SSSR count). The van der Waals surface area contributed by atoms with E-state index in [-0.39, 0.29) is 11.9 Å². The van der Waals surface area contributed by atoms with Crippen molar-refractivity contribution in [2.24, 2.45) is 5.92 Å². The number of nitrogens with one attached hydrogen (secondary N) is 1. The lowest BCUT2D eigenvalue weighted by molar-refractivity contribution is -0.251. The molecular weight excluding hydrogens is 348 g/mol. The molecule has 1 fully saturated rings. The van der Waals surface area contributed by atoms with Gasteiger partial charge in [-0.3, -0.25) is 4.79 Å². The Bertz CT molecular complexity index is 513. The van der Waals surface area contributed by atoms with Gasteiger partial charge < -0.3 is 19.9 Å². The van der Waals surface area contributed by atoms with Crippen molar-refractivity contribution in [3.05, 3.63) is 12.2 Å². The number of methoxy groups -OCH3 is 1. The fourth-order valence-corrected chi connectivity index (χ4v) is 3.12. The molecule has 2 N–H and O–H groups in total. The number of carbonyl (C=O) groups excluding carboxylic acids is 2. The van der Waals surface area contributed by atoms with Crippen LogP contribution in [0.3, 0.4) is 0 Å². The number of piperidine rings is 1. The highest BCUT2D eigenvalue weighted by Crippen LogP contribution is 2.22. The summed E-state index contributed by atoms with van der Waals surface area (Å²) in [5.41, 5.74) is -0.513. The number of esters is 1. The first-order chi connectivity index (χ1) is 12.5. The van der Waals surface area contributed by atoms with E-state index < -0.39 is 24.0 Å². The van der Waals surface area contributed by atoms with Gasteiger partial charge in [-0.1, -0.05) is 26.3 Å². The molecule has 0 radical (unpaired) electrons. The lowest BCUT2D eigenvalue weighted by Crippen LogP contribution is -2.56. The van der Waals surface area contributed by atoms with Crippen LogP contribution in [-0.2, 0) is 19.1 Å². The third-order valence-corrected chi connectivity index (χ3v) is 4.31. The molecule has 0 bridgehead atoms. The zero-order valence-corrected chi connectivity index (χ0v) is 17.5. The molecule has 156 valence electrons. The van der Waals surface area contributed by atoms with E-state index >= 15 is 0 Å². The van der Waals surface area contributed by atoms with Crippen molar-refractivity contribution in [2.75, 3.05) is 13.7 Å². The van der Waals surface area contributed by atoms with Gasteiger partial charge in [0.25, 0.3) is 0 Å². The number of aliphatic hydroxyl groups excluding tert-OH is 1. The third-order valence-electron chi connectivity index (χ3n) is 4.31. The maximum atomic E-state index is 12.9. The smallest absolute Gasteiger partial charge is 0.330 e. The Balaban J connectivity index is 2.83. The normalized spacial score (nSPS) is 21.3. The molecule has 0 aromatic carbocycles. The maximum Gasteiger partial charge on any atom is 0.330 e. The molecule has 3 unspecified atom stereocenters. The number of hydrogen-bond acceptors (Lipinski definition) is 6. The summed E-state index contributed by atoms with van der Waals surface area (Å²) in [5, 5.41) is 13.5. The molecule has 1 aliphatic rings. The second-order valence-electron chi connectivity index (χ2n) is 8.43. The molecule has 1 saturated heterocycles. The van der Waals surface area contributed by atoms with Gasteiger partial charge in [-0.2, -0.15) is 0 Å². The largest absolute Gasteiger partial charge is 0.466 e.